The van der Waals surface area contributed by atoms with Gasteiger partial charge < -0.3 is 14.7 Å². The number of carboxylic acid groups (broad SMARTS) is 1. The number of nitrogens with one attached hydrogen (secondary N) is 1. The van der Waals surface area contributed by atoms with Crippen LogP contribution in [0.5, 0.6) is 5.75 Å². The Kier molecular flexibility index (Phi) is 6.87. The average molecular weight is 311 g/mol. The molecule has 0 radical (unpaired) electrons. The van der Waals surface area contributed by atoms with Gasteiger partial charge in [-0.05, 0) is 36.8 Å². The largest absolute Gasteiger partial charge is 0.508 e. The molecule has 0 aliphatic carbocycles. The Bertz CT molecular complexity index is 447. The van der Waals surface area contributed by atoms with Gasteiger partial charge in [-0.25, -0.2) is 5.48 Å². The normalized spacial score (nSPS) is 13.1. The van der Waals surface area contributed by atoms with Crippen LogP contribution in [0.25, 0.3) is 0 Å². The third-order valence-corrected chi connectivity index (χ3v) is 5.51. The molecular formula is C15H25NO4Si. The van der Waals surface area contributed by atoms with Gasteiger partial charge in [-0.1, -0.05) is 31.9 Å². The molecule has 0 spiro atoms. The number of hydrogen-bond acceptors (Lipinski definition) is 4. The van der Waals surface area contributed by atoms with Gasteiger partial charge in [-0.15, -0.1) is 0 Å². The summed E-state index contributed by atoms with van der Waals surface area (Å²) in [6.45, 7) is 6.28. The van der Waals surface area contributed by atoms with Crippen molar-refractivity contribution in [2.45, 2.75) is 51.4 Å². The number of hydroxylamine groups is 1. The molecular weight excluding hydrogens is 286 g/mol. The molecule has 1 atom stereocenters. The molecule has 1 aromatic rings. The molecule has 118 valence electrons. The SMILES string of the molecule is CCCC[Si](C)(C)ONC(Cc1ccc(O)cc1)C(=O)O. The Balaban J connectivity index is 2.58. The second kappa shape index (κ2) is 8.16. The van der Waals surface area contributed by atoms with Crippen LogP contribution in [0.3, 0.4) is 0 Å². The molecule has 0 amide bonds. The fourth-order valence-corrected chi connectivity index (χ4v) is 3.70. The Morgan fingerprint density at radius 3 is 2.48 bits per heavy atom. The molecule has 0 saturated carbocycles. The summed E-state index contributed by atoms with van der Waals surface area (Å²) >= 11 is 0. The van der Waals surface area contributed by atoms with Gasteiger partial charge in [0.15, 0.2) is 0 Å². The van der Waals surface area contributed by atoms with Gasteiger partial charge in [0.2, 0.25) is 8.32 Å². The molecule has 1 aromatic carbocycles. The van der Waals surface area contributed by atoms with Crippen molar-refractivity contribution in [1.82, 2.24) is 5.48 Å². The van der Waals surface area contributed by atoms with E-state index in [0.717, 1.165) is 24.4 Å². The minimum atomic E-state index is -1.87. The van der Waals surface area contributed by atoms with E-state index < -0.39 is 20.3 Å². The quantitative estimate of drug-likeness (QED) is 0.483. The minimum Gasteiger partial charge on any atom is -0.508 e. The van der Waals surface area contributed by atoms with Crippen molar-refractivity contribution in [3.05, 3.63) is 29.8 Å². The lowest BCUT2D eigenvalue weighted by Gasteiger charge is -2.25. The first-order valence-electron chi connectivity index (χ1n) is 7.28. The van der Waals surface area contributed by atoms with Crippen LogP contribution in [0.1, 0.15) is 25.3 Å². The van der Waals surface area contributed by atoms with Crippen LogP contribution in [-0.2, 0) is 15.7 Å². The number of unbranched alkanes of at least 4 members (excludes halogenated alkanes) is 1. The summed E-state index contributed by atoms with van der Waals surface area (Å²) in [7, 11) is -1.87. The van der Waals surface area contributed by atoms with Crippen LogP contribution >= 0.6 is 0 Å². The van der Waals surface area contributed by atoms with Gasteiger partial charge in [-0.2, -0.15) is 0 Å². The molecule has 0 aliphatic rings. The highest BCUT2D eigenvalue weighted by Crippen LogP contribution is 2.15. The number of benzene rings is 1. The lowest BCUT2D eigenvalue weighted by atomic mass is 10.1. The van der Waals surface area contributed by atoms with Crippen LogP contribution in [0, 0.1) is 0 Å². The number of hydrogen-bond donors (Lipinski definition) is 3. The fourth-order valence-electron chi connectivity index (χ4n) is 1.93. The summed E-state index contributed by atoms with van der Waals surface area (Å²) in [5, 5.41) is 18.5. The summed E-state index contributed by atoms with van der Waals surface area (Å²) < 4.78 is 5.71. The zero-order valence-corrected chi connectivity index (χ0v) is 13.9. The van der Waals surface area contributed by atoms with E-state index in [1.54, 1.807) is 24.3 Å². The van der Waals surface area contributed by atoms with E-state index in [2.05, 4.69) is 25.5 Å². The molecule has 0 heterocycles. The Hall–Kier alpha value is -1.37. The van der Waals surface area contributed by atoms with Gasteiger partial charge in [0.1, 0.15) is 11.8 Å². The van der Waals surface area contributed by atoms with E-state index in [0.29, 0.717) is 6.42 Å². The maximum Gasteiger partial charge on any atom is 0.323 e. The van der Waals surface area contributed by atoms with Crippen LogP contribution < -0.4 is 5.48 Å². The molecule has 0 aromatic heterocycles. The first kappa shape index (κ1) is 17.7. The first-order valence-corrected chi connectivity index (χ1v) is 10.4. The molecule has 1 rings (SSSR count). The topological polar surface area (TPSA) is 78.8 Å². The van der Waals surface area contributed by atoms with Crippen LogP contribution in [-0.4, -0.2) is 30.5 Å². The smallest absolute Gasteiger partial charge is 0.323 e. The third-order valence-electron chi connectivity index (χ3n) is 3.28. The number of aliphatic carboxylic acids is 1. The van der Waals surface area contributed by atoms with Crippen molar-refractivity contribution in [3.8, 4) is 5.75 Å². The van der Waals surface area contributed by atoms with E-state index in [9.17, 15) is 15.0 Å². The highest BCUT2D eigenvalue weighted by atomic mass is 28.4. The van der Waals surface area contributed by atoms with Crippen molar-refractivity contribution < 1.29 is 19.5 Å². The zero-order chi connectivity index (χ0) is 15.9. The third kappa shape index (κ3) is 6.75. The maximum atomic E-state index is 11.3. The summed E-state index contributed by atoms with van der Waals surface area (Å²) in [5.41, 5.74) is 3.57. The number of phenolic OH excluding ortho intramolecular Hbond substituents is 1. The average Bonchev–Trinajstić information content (AvgIpc) is 2.43. The van der Waals surface area contributed by atoms with E-state index >= 15 is 0 Å². The van der Waals surface area contributed by atoms with Gasteiger partial charge in [0.25, 0.3) is 0 Å². The Morgan fingerprint density at radius 1 is 1.33 bits per heavy atom. The summed E-state index contributed by atoms with van der Waals surface area (Å²) in [5.74, 6) is -0.772. The summed E-state index contributed by atoms with van der Waals surface area (Å²) in [6, 6.07) is 6.74. The molecule has 0 bridgehead atoms. The molecule has 21 heavy (non-hydrogen) atoms. The molecule has 0 aliphatic heterocycles. The predicted octanol–water partition coefficient (Wildman–Crippen LogP) is 2.91. The van der Waals surface area contributed by atoms with E-state index in [1.807, 2.05) is 0 Å². The molecule has 0 saturated heterocycles. The zero-order valence-electron chi connectivity index (χ0n) is 12.9. The second-order valence-electron chi connectivity index (χ2n) is 5.84. The monoisotopic (exact) mass is 311 g/mol. The van der Waals surface area contributed by atoms with Crippen molar-refractivity contribution in [3.63, 3.8) is 0 Å². The molecule has 5 nitrogen and oxygen atoms in total. The van der Waals surface area contributed by atoms with Crippen LogP contribution in [0.15, 0.2) is 24.3 Å². The standard InChI is InChI=1S/C15H25NO4Si/c1-4-5-10-21(2,3)20-16-14(15(18)19)11-12-6-8-13(17)9-7-12/h6-9,14,16-17H,4-5,10-11H2,1-3H3,(H,18,19). The predicted molar refractivity (Wildman–Crippen MR) is 84.7 cm³/mol. The van der Waals surface area contributed by atoms with E-state index in [-0.39, 0.29) is 5.75 Å². The Labute approximate surface area is 127 Å². The summed E-state index contributed by atoms with van der Waals surface area (Å²) in [6.07, 6.45) is 2.51. The van der Waals surface area contributed by atoms with E-state index in [1.165, 1.54) is 0 Å². The van der Waals surface area contributed by atoms with Crippen molar-refractivity contribution in [2.75, 3.05) is 0 Å². The van der Waals surface area contributed by atoms with E-state index in [4.69, 9.17) is 4.53 Å². The number of phenols is 1. The van der Waals surface area contributed by atoms with Gasteiger partial charge >= 0.3 is 5.97 Å². The number of carboxylic acids is 1. The highest BCUT2D eigenvalue weighted by Gasteiger charge is 2.26. The second-order valence-corrected chi connectivity index (χ2v) is 10.1. The molecule has 6 heteroatoms. The van der Waals surface area contributed by atoms with Crippen molar-refractivity contribution in [1.29, 1.82) is 0 Å². The number of rotatable bonds is 9. The number of carbonyl (C=O) groups is 1. The van der Waals surface area contributed by atoms with Crippen LogP contribution in [0.2, 0.25) is 19.1 Å². The summed E-state index contributed by atoms with van der Waals surface area (Å²) in [4.78, 5) is 11.3. The minimum absolute atomic E-state index is 0.169. The number of aromatic hydroxyl groups is 1. The Morgan fingerprint density at radius 2 is 1.95 bits per heavy atom. The first-order chi connectivity index (χ1) is 9.84. The van der Waals surface area contributed by atoms with Gasteiger partial charge in [-0.3, -0.25) is 4.79 Å². The van der Waals surface area contributed by atoms with Crippen molar-refractivity contribution in [2.24, 2.45) is 0 Å². The van der Waals surface area contributed by atoms with Crippen molar-refractivity contribution >= 4 is 14.3 Å². The molecule has 1 unspecified atom stereocenters. The maximum absolute atomic E-state index is 11.3. The molecule has 0 fully saturated rings. The van der Waals surface area contributed by atoms with Crippen LogP contribution in [0.4, 0.5) is 0 Å². The fraction of sp³-hybridized carbons (Fsp3) is 0.533. The highest BCUT2D eigenvalue weighted by molar-refractivity contribution is 6.71. The van der Waals surface area contributed by atoms with Gasteiger partial charge in [0, 0.05) is 6.42 Å². The lowest BCUT2D eigenvalue weighted by Crippen LogP contribution is -2.46. The lowest BCUT2D eigenvalue weighted by molar-refractivity contribution is -0.141. The van der Waals surface area contributed by atoms with Gasteiger partial charge in [0.05, 0.1) is 0 Å². The molecule has 3 N–H and O–H groups in total.